The fourth-order valence-corrected chi connectivity index (χ4v) is 3.93. The van der Waals surface area contributed by atoms with Gasteiger partial charge in [-0.3, -0.25) is 9.80 Å². The molecule has 26 heavy (non-hydrogen) atoms. The lowest BCUT2D eigenvalue weighted by molar-refractivity contribution is -0.154. The Balaban J connectivity index is 1.70. The maximum Gasteiger partial charge on any atom is 0.0836 e. The third-order valence-corrected chi connectivity index (χ3v) is 6.06. The second-order valence-electron chi connectivity index (χ2n) is 11.9. The zero-order valence-corrected chi connectivity index (χ0v) is 19.2. The Kier molecular flexibility index (Phi) is 6.25. The minimum atomic E-state index is -0.0509. The lowest BCUT2D eigenvalue weighted by Crippen LogP contribution is -2.66. The summed E-state index contributed by atoms with van der Waals surface area (Å²) in [4.78, 5) is 5.04. The summed E-state index contributed by atoms with van der Waals surface area (Å²) in [5.74, 6) is 0. The van der Waals surface area contributed by atoms with Crippen molar-refractivity contribution in [3.63, 3.8) is 0 Å². The van der Waals surface area contributed by atoms with Gasteiger partial charge in [-0.25, -0.2) is 0 Å². The molecule has 4 nitrogen and oxygen atoms in total. The topological polar surface area (TPSA) is 27.7 Å². The number of hydrogen-bond acceptors (Lipinski definition) is 4. The summed E-state index contributed by atoms with van der Waals surface area (Å²) >= 11 is 0. The summed E-state index contributed by atoms with van der Waals surface area (Å²) in [6.07, 6.45) is 2.63. The van der Waals surface area contributed by atoms with Crippen LogP contribution in [0, 0.1) is 0 Å². The molecule has 0 spiro atoms. The van der Waals surface area contributed by atoms with Crippen LogP contribution in [-0.2, 0) is 4.74 Å². The number of rotatable bonds is 7. The number of nitrogens with one attached hydrogen (secondary N) is 1. The van der Waals surface area contributed by atoms with E-state index in [1.807, 2.05) is 0 Å². The second-order valence-corrected chi connectivity index (χ2v) is 11.9. The average molecular weight is 368 g/mol. The van der Waals surface area contributed by atoms with Crippen LogP contribution in [0.2, 0.25) is 0 Å². The van der Waals surface area contributed by atoms with E-state index in [0.717, 1.165) is 39.0 Å². The lowest BCUT2D eigenvalue weighted by atomic mass is 9.88. The van der Waals surface area contributed by atoms with E-state index in [9.17, 15) is 0 Å². The Hall–Kier alpha value is -0.160. The maximum absolute atomic E-state index is 6.42. The highest BCUT2D eigenvalue weighted by Gasteiger charge is 2.39. The number of hydrogen-bond donors (Lipinski definition) is 1. The normalized spacial score (nSPS) is 22.4. The van der Waals surface area contributed by atoms with E-state index in [0.29, 0.717) is 17.7 Å². The van der Waals surface area contributed by atoms with E-state index in [4.69, 9.17) is 4.74 Å². The van der Waals surface area contributed by atoms with Crippen LogP contribution in [0.4, 0.5) is 0 Å². The van der Waals surface area contributed by atoms with Gasteiger partial charge in [-0.05, 0) is 82.1 Å². The van der Waals surface area contributed by atoms with Crippen molar-refractivity contribution in [2.24, 2.45) is 0 Å². The molecule has 2 aliphatic heterocycles. The smallest absolute Gasteiger partial charge is 0.0836 e. The average Bonchev–Trinajstić information content (AvgIpc) is 2.33. The molecule has 2 rings (SSSR count). The van der Waals surface area contributed by atoms with Crippen molar-refractivity contribution in [3.05, 3.63) is 0 Å². The van der Waals surface area contributed by atoms with Crippen LogP contribution in [0.1, 0.15) is 82.1 Å². The van der Waals surface area contributed by atoms with Gasteiger partial charge in [0.1, 0.15) is 0 Å². The standard InChI is InChI=1S/C22H45N3O/c1-19(2,3)24-13-17(14-24)23-21(7,8)11-12-22(9,10)26-18-15-25(16-18)20(4,5)6/h17-18,23H,11-16H2,1-10H3. The Morgan fingerprint density at radius 3 is 1.65 bits per heavy atom. The molecule has 0 aromatic carbocycles. The van der Waals surface area contributed by atoms with Gasteiger partial charge in [0.15, 0.2) is 0 Å². The molecule has 0 radical (unpaired) electrons. The van der Waals surface area contributed by atoms with Crippen LogP contribution in [-0.4, -0.2) is 70.3 Å². The van der Waals surface area contributed by atoms with Crippen LogP contribution in [0.5, 0.6) is 0 Å². The molecule has 0 aromatic rings. The van der Waals surface area contributed by atoms with Crippen molar-refractivity contribution in [3.8, 4) is 0 Å². The van der Waals surface area contributed by atoms with Gasteiger partial charge in [0.2, 0.25) is 0 Å². The van der Waals surface area contributed by atoms with E-state index in [1.165, 1.54) is 0 Å². The van der Waals surface area contributed by atoms with Gasteiger partial charge >= 0.3 is 0 Å². The maximum atomic E-state index is 6.42. The summed E-state index contributed by atoms with van der Waals surface area (Å²) < 4.78 is 6.42. The van der Waals surface area contributed by atoms with Gasteiger partial charge in [0.05, 0.1) is 11.7 Å². The quantitative estimate of drug-likeness (QED) is 0.739. The SMILES string of the molecule is CC(C)(CCC(C)(C)OC1CN(C(C)(C)C)C1)NC1CN(C(C)(C)C)C1. The van der Waals surface area contributed by atoms with Crippen LogP contribution in [0.3, 0.4) is 0 Å². The highest BCUT2D eigenvalue weighted by molar-refractivity contribution is 4.97. The molecule has 0 amide bonds. The zero-order chi connectivity index (χ0) is 20.0. The molecule has 154 valence electrons. The summed E-state index contributed by atoms with van der Waals surface area (Å²) in [7, 11) is 0. The molecule has 4 heteroatoms. The number of nitrogens with zero attached hydrogens (tertiary/aromatic N) is 2. The number of ether oxygens (including phenoxy) is 1. The Labute approximate surface area is 163 Å². The Morgan fingerprint density at radius 1 is 0.731 bits per heavy atom. The fourth-order valence-electron chi connectivity index (χ4n) is 3.93. The first-order valence-electron chi connectivity index (χ1n) is 10.5. The molecule has 0 atom stereocenters. The van der Waals surface area contributed by atoms with E-state index >= 15 is 0 Å². The molecular weight excluding hydrogens is 322 g/mol. The van der Waals surface area contributed by atoms with E-state index in [1.54, 1.807) is 0 Å². The van der Waals surface area contributed by atoms with Crippen LogP contribution < -0.4 is 5.32 Å². The molecule has 2 heterocycles. The molecule has 0 aromatic heterocycles. The molecule has 2 fully saturated rings. The first-order chi connectivity index (χ1) is 11.6. The zero-order valence-electron chi connectivity index (χ0n) is 19.2. The second kappa shape index (κ2) is 7.35. The third-order valence-electron chi connectivity index (χ3n) is 6.06. The highest BCUT2D eigenvalue weighted by atomic mass is 16.5. The van der Waals surface area contributed by atoms with Crippen molar-refractivity contribution in [2.75, 3.05) is 26.2 Å². The summed E-state index contributed by atoms with van der Waals surface area (Å²) in [6.45, 7) is 27.4. The van der Waals surface area contributed by atoms with Gasteiger partial charge in [-0.1, -0.05) is 0 Å². The third kappa shape index (κ3) is 6.19. The molecule has 1 N–H and O–H groups in total. The molecule has 0 bridgehead atoms. The van der Waals surface area contributed by atoms with Gasteiger partial charge in [-0.2, -0.15) is 0 Å². The predicted octanol–water partition coefficient (Wildman–Crippen LogP) is 3.90. The van der Waals surface area contributed by atoms with Crippen molar-refractivity contribution < 1.29 is 4.74 Å². The molecule has 0 saturated carbocycles. The molecule has 2 aliphatic rings. The Morgan fingerprint density at radius 2 is 1.19 bits per heavy atom. The largest absolute Gasteiger partial charge is 0.370 e. The van der Waals surface area contributed by atoms with Crippen molar-refractivity contribution in [1.29, 1.82) is 0 Å². The van der Waals surface area contributed by atoms with E-state index in [2.05, 4.69) is 84.4 Å². The first kappa shape index (κ1) is 22.1. The van der Waals surface area contributed by atoms with Crippen molar-refractivity contribution in [1.82, 2.24) is 15.1 Å². The molecule has 2 saturated heterocycles. The van der Waals surface area contributed by atoms with E-state index in [-0.39, 0.29) is 16.7 Å². The first-order valence-corrected chi connectivity index (χ1v) is 10.5. The highest BCUT2D eigenvalue weighted by Crippen LogP contribution is 2.30. The number of likely N-dealkylation sites (tertiary alicyclic amines) is 2. The molecule has 0 aliphatic carbocycles. The van der Waals surface area contributed by atoms with Crippen LogP contribution >= 0.6 is 0 Å². The minimum Gasteiger partial charge on any atom is -0.370 e. The molecule has 0 unspecified atom stereocenters. The van der Waals surface area contributed by atoms with E-state index < -0.39 is 0 Å². The summed E-state index contributed by atoms with van der Waals surface area (Å²) in [5, 5.41) is 3.87. The molecular formula is C22H45N3O. The van der Waals surface area contributed by atoms with Crippen LogP contribution in [0.15, 0.2) is 0 Å². The fraction of sp³-hybridized carbons (Fsp3) is 1.00. The van der Waals surface area contributed by atoms with Gasteiger partial charge < -0.3 is 10.1 Å². The van der Waals surface area contributed by atoms with Gasteiger partial charge in [0, 0.05) is 48.8 Å². The summed E-state index contributed by atoms with van der Waals surface area (Å²) in [5.41, 5.74) is 0.665. The minimum absolute atomic E-state index is 0.0509. The summed E-state index contributed by atoms with van der Waals surface area (Å²) in [6, 6.07) is 0.625. The van der Waals surface area contributed by atoms with Crippen LogP contribution in [0.25, 0.3) is 0 Å². The lowest BCUT2D eigenvalue weighted by Gasteiger charge is -2.51. The van der Waals surface area contributed by atoms with Crippen molar-refractivity contribution >= 4 is 0 Å². The Bertz CT molecular complexity index is 417. The predicted molar refractivity (Wildman–Crippen MR) is 112 cm³/mol. The van der Waals surface area contributed by atoms with Crippen molar-refractivity contribution in [2.45, 2.75) is 116 Å². The van der Waals surface area contributed by atoms with Gasteiger partial charge in [-0.15, -0.1) is 0 Å². The van der Waals surface area contributed by atoms with Gasteiger partial charge in [0.25, 0.3) is 0 Å². The monoisotopic (exact) mass is 367 g/mol.